The number of aryl methyl sites for hydroxylation is 1. The molecule has 0 atom stereocenters. The van der Waals surface area contributed by atoms with Crippen molar-refractivity contribution in [2.45, 2.75) is 13.0 Å². The molecule has 100 valence electrons. The molecule has 5 heteroatoms. The van der Waals surface area contributed by atoms with Crippen molar-refractivity contribution in [3.63, 3.8) is 0 Å². The zero-order valence-electron chi connectivity index (χ0n) is 11.1. The van der Waals surface area contributed by atoms with E-state index >= 15 is 0 Å². The van der Waals surface area contributed by atoms with Crippen LogP contribution in [-0.4, -0.2) is 22.9 Å². The summed E-state index contributed by atoms with van der Waals surface area (Å²) in [7, 11) is 3.27. The molecule has 19 heavy (non-hydrogen) atoms. The molecule has 0 spiro atoms. The van der Waals surface area contributed by atoms with Crippen LogP contribution in [0, 0.1) is 0 Å². The Morgan fingerprint density at radius 2 is 2.05 bits per heavy atom. The van der Waals surface area contributed by atoms with Gasteiger partial charge in [-0.2, -0.15) is 5.10 Å². The number of rotatable bonds is 5. The van der Waals surface area contributed by atoms with Gasteiger partial charge in [-0.15, -0.1) is 0 Å². The van der Waals surface area contributed by atoms with E-state index in [1.54, 1.807) is 4.68 Å². The predicted molar refractivity (Wildman–Crippen MR) is 72.7 cm³/mol. The number of hydrogen-bond donors (Lipinski definition) is 1. The maximum absolute atomic E-state index is 11.4. The number of carbonyl (C=O) groups excluding carboxylic acids is 1. The lowest BCUT2D eigenvalue weighted by molar-refractivity contribution is -0.139. The number of anilines is 1. The summed E-state index contributed by atoms with van der Waals surface area (Å²) >= 11 is 0. The van der Waals surface area contributed by atoms with Crippen LogP contribution in [0.5, 0.6) is 0 Å². The van der Waals surface area contributed by atoms with Gasteiger partial charge >= 0.3 is 5.97 Å². The van der Waals surface area contributed by atoms with Crippen LogP contribution in [0.1, 0.15) is 11.1 Å². The van der Waals surface area contributed by atoms with E-state index < -0.39 is 0 Å². The maximum Gasteiger partial charge on any atom is 0.309 e. The summed E-state index contributed by atoms with van der Waals surface area (Å²) in [5.74, 6) is 0.584. The van der Waals surface area contributed by atoms with Crippen LogP contribution >= 0.6 is 0 Å². The summed E-state index contributed by atoms with van der Waals surface area (Å²) in [4.78, 5) is 11.4. The van der Waals surface area contributed by atoms with Crippen LogP contribution in [0.2, 0.25) is 0 Å². The fourth-order valence-electron chi connectivity index (χ4n) is 1.83. The molecule has 0 unspecified atom stereocenters. The normalized spacial score (nSPS) is 10.2. The van der Waals surface area contributed by atoms with Gasteiger partial charge in [0.05, 0.1) is 13.5 Å². The number of hydrogen-bond acceptors (Lipinski definition) is 4. The van der Waals surface area contributed by atoms with Gasteiger partial charge in [-0.3, -0.25) is 9.48 Å². The largest absolute Gasteiger partial charge is 0.469 e. The van der Waals surface area contributed by atoms with E-state index in [4.69, 9.17) is 4.74 Å². The average Bonchev–Trinajstić information content (AvgIpc) is 2.83. The molecule has 2 rings (SSSR count). The number of nitrogens with zero attached hydrogens (tertiary/aromatic N) is 2. The first-order valence-electron chi connectivity index (χ1n) is 6.06. The van der Waals surface area contributed by atoms with Crippen molar-refractivity contribution in [1.29, 1.82) is 0 Å². The van der Waals surface area contributed by atoms with Crippen LogP contribution in [0.3, 0.4) is 0 Å². The third-order valence-electron chi connectivity index (χ3n) is 2.85. The van der Waals surface area contributed by atoms with Crippen LogP contribution in [0.4, 0.5) is 5.82 Å². The Morgan fingerprint density at radius 3 is 2.68 bits per heavy atom. The SMILES string of the molecule is COC(=O)Cc1ccccc1CNc1ccn(C)n1. The molecule has 1 aromatic carbocycles. The van der Waals surface area contributed by atoms with Gasteiger partial charge in [-0.25, -0.2) is 0 Å². The summed E-state index contributed by atoms with van der Waals surface area (Å²) < 4.78 is 6.44. The Kier molecular flexibility index (Phi) is 4.18. The first-order valence-corrected chi connectivity index (χ1v) is 6.06. The molecule has 0 bridgehead atoms. The highest BCUT2D eigenvalue weighted by Crippen LogP contribution is 2.12. The van der Waals surface area contributed by atoms with Gasteiger partial charge in [0, 0.05) is 25.9 Å². The number of ether oxygens (including phenoxy) is 1. The topological polar surface area (TPSA) is 56.1 Å². The first-order chi connectivity index (χ1) is 9.19. The molecule has 0 fully saturated rings. The van der Waals surface area contributed by atoms with Gasteiger partial charge in [0.15, 0.2) is 0 Å². The number of esters is 1. The molecule has 1 heterocycles. The molecular weight excluding hydrogens is 242 g/mol. The molecule has 2 aromatic rings. The third-order valence-corrected chi connectivity index (χ3v) is 2.85. The fourth-order valence-corrected chi connectivity index (χ4v) is 1.83. The number of benzene rings is 1. The highest BCUT2D eigenvalue weighted by molar-refractivity contribution is 5.72. The fraction of sp³-hybridized carbons (Fsp3) is 0.286. The predicted octanol–water partition coefficient (Wildman–Crippen LogP) is 1.75. The molecule has 5 nitrogen and oxygen atoms in total. The molecule has 0 radical (unpaired) electrons. The second-order valence-electron chi connectivity index (χ2n) is 4.25. The Labute approximate surface area is 112 Å². The minimum Gasteiger partial charge on any atom is -0.469 e. The lowest BCUT2D eigenvalue weighted by atomic mass is 10.0. The monoisotopic (exact) mass is 259 g/mol. The number of carbonyl (C=O) groups is 1. The Hall–Kier alpha value is -2.30. The van der Waals surface area contributed by atoms with Gasteiger partial charge in [0.2, 0.25) is 0 Å². The molecule has 0 aliphatic heterocycles. The third kappa shape index (κ3) is 3.58. The van der Waals surface area contributed by atoms with E-state index in [1.165, 1.54) is 7.11 Å². The molecule has 1 aromatic heterocycles. The van der Waals surface area contributed by atoms with E-state index in [1.807, 2.05) is 43.6 Å². The second-order valence-corrected chi connectivity index (χ2v) is 4.25. The summed E-state index contributed by atoms with van der Waals surface area (Å²) in [5, 5.41) is 7.48. The molecule has 0 aliphatic rings. The zero-order chi connectivity index (χ0) is 13.7. The summed E-state index contributed by atoms with van der Waals surface area (Å²) in [6.07, 6.45) is 2.17. The van der Waals surface area contributed by atoms with E-state index in [2.05, 4.69) is 10.4 Å². The minimum absolute atomic E-state index is 0.231. The highest BCUT2D eigenvalue weighted by Gasteiger charge is 2.07. The second kappa shape index (κ2) is 6.04. The number of methoxy groups -OCH3 is 1. The van der Waals surface area contributed by atoms with Gasteiger partial charge in [-0.1, -0.05) is 24.3 Å². The van der Waals surface area contributed by atoms with Crippen molar-refractivity contribution in [2.75, 3.05) is 12.4 Å². The maximum atomic E-state index is 11.4. The average molecular weight is 259 g/mol. The molecule has 0 amide bonds. The Bertz CT molecular complexity index is 563. The van der Waals surface area contributed by atoms with Crippen LogP contribution in [-0.2, 0) is 29.5 Å². The van der Waals surface area contributed by atoms with E-state index in [9.17, 15) is 4.79 Å². The van der Waals surface area contributed by atoms with Crippen molar-refractivity contribution in [1.82, 2.24) is 9.78 Å². The standard InChI is InChI=1S/C14H17N3O2/c1-17-8-7-13(16-17)15-10-12-6-4-3-5-11(12)9-14(18)19-2/h3-8H,9-10H2,1-2H3,(H,15,16). The van der Waals surface area contributed by atoms with Crippen molar-refractivity contribution in [3.05, 3.63) is 47.7 Å². The van der Waals surface area contributed by atoms with Gasteiger partial charge < -0.3 is 10.1 Å². The van der Waals surface area contributed by atoms with Crippen molar-refractivity contribution < 1.29 is 9.53 Å². The molecule has 0 saturated carbocycles. The van der Waals surface area contributed by atoms with E-state index in [0.717, 1.165) is 16.9 Å². The zero-order valence-corrected chi connectivity index (χ0v) is 11.1. The Morgan fingerprint density at radius 1 is 1.32 bits per heavy atom. The van der Waals surface area contributed by atoms with E-state index in [0.29, 0.717) is 6.54 Å². The highest BCUT2D eigenvalue weighted by atomic mass is 16.5. The Balaban J connectivity index is 2.05. The van der Waals surface area contributed by atoms with Crippen LogP contribution in [0.15, 0.2) is 36.5 Å². The van der Waals surface area contributed by atoms with Gasteiger partial charge in [-0.05, 0) is 11.1 Å². The molecule has 0 aliphatic carbocycles. The van der Waals surface area contributed by atoms with Crippen molar-refractivity contribution in [2.24, 2.45) is 7.05 Å². The molecular formula is C14H17N3O2. The van der Waals surface area contributed by atoms with Crippen LogP contribution in [0.25, 0.3) is 0 Å². The van der Waals surface area contributed by atoms with Crippen molar-refractivity contribution >= 4 is 11.8 Å². The number of aromatic nitrogens is 2. The quantitative estimate of drug-likeness (QED) is 0.831. The number of nitrogens with one attached hydrogen (secondary N) is 1. The smallest absolute Gasteiger partial charge is 0.309 e. The lowest BCUT2D eigenvalue weighted by Gasteiger charge is -2.09. The van der Waals surface area contributed by atoms with Crippen molar-refractivity contribution in [3.8, 4) is 0 Å². The van der Waals surface area contributed by atoms with Gasteiger partial charge in [0.25, 0.3) is 0 Å². The summed E-state index contributed by atoms with van der Waals surface area (Å²) in [6.45, 7) is 0.629. The van der Waals surface area contributed by atoms with Crippen LogP contribution < -0.4 is 5.32 Å². The lowest BCUT2D eigenvalue weighted by Crippen LogP contribution is -2.09. The molecule has 0 saturated heterocycles. The first kappa shape index (κ1) is 13.1. The summed E-state index contributed by atoms with van der Waals surface area (Å²) in [5.41, 5.74) is 2.04. The minimum atomic E-state index is -0.231. The summed E-state index contributed by atoms with van der Waals surface area (Å²) in [6, 6.07) is 9.71. The molecule has 1 N–H and O–H groups in total. The van der Waals surface area contributed by atoms with Gasteiger partial charge in [0.1, 0.15) is 5.82 Å². The van der Waals surface area contributed by atoms with E-state index in [-0.39, 0.29) is 12.4 Å².